The number of carboxylic acids is 1. The van der Waals surface area contributed by atoms with Crippen molar-refractivity contribution in [2.24, 2.45) is 5.73 Å². The lowest BCUT2D eigenvalue weighted by atomic mass is 10.3. The number of alkyl carbamates (subject to hydrolysis) is 1. The van der Waals surface area contributed by atoms with Gasteiger partial charge in [0.1, 0.15) is 6.04 Å². The Labute approximate surface area is 76.0 Å². The van der Waals surface area contributed by atoms with Crippen molar-refractivity contribution in [3.63, 3.8) is 0 Å². The zero-order chi connectivity index (χ0) is 10.4. The maximum atomic E-state index is 10.8. The molecule has 6 nitrogen and oxygen atoms in total. The molecule has 0 saturated carbocycles. The third-order valence-corrected chi connectivity index (χ3v) is 1.13. The highest BCUT2D eigenvalue weighted by atomic mass is 16.6. The number of carbonyl (C=O) groups is 2. The third kappa shape index (κ3) is 5.92. The Bertz CT molecular complexity index is 193. The fraction of sp³-hybridized carbons (Fsp3) is 0.714. The number of nitrogens with one attached hydrogen (secondary N) is 1. The van der Waals surface area contributed by atoms with E-state index in [1.54, 1.807) is 13.8 Å². The molecule has 0 spiro atoms. The first kappa shape index (κ1) is 11.7. The fourth-order valence-electron chi connectivity index (χ4n) is 0.536. The van der Waals surface area contributed by atoms with Gasteiger partial charge in [-0.2, -0.15) is 0 Å². The molecule has 0 saturated heterocycles. The standard InChI is InChI=1S/C7H14N2O4/c1-4(2)13-7(12)9-3-5(8)6(10)11/h4-5H,3,8H2,1-2H3,(H,9,12)(H,10,11). The molecule has 0 radical (unpaired) electrons. The molecule has 4 N–H and O–H groups in total. The van der Waals surface area contributed by atoms with Crippen LogP contribution >= 0.6 is 0 Å². The molecule has 0 aromatic carbocycles. The number of amides is 1. The molecule has 6 heteroatoms. The number of hydrogen-bond donors (Lipinski definition) is 3. The second-order valence-corrected chi connectivity index (χ2v) is 2.78. The molecule has 0 aliphatic carbocycles. The number of carbonyl (C=O) groups excluding carboxylic acids is 1. The summed E-state index contributed by atoms with van der Waals surface area (Å²) in [5.41, 5.74) is 5.13. The Balaban J connectivity index is 3.64. The topological polar surface area (TPSA) is 102 Å². The second-order valence-electron chi connectivity index (χ2n) is 2.78. The fourth-order valence-corrected chi connectivity index (χ4v) is 0.536. The van der Waals surface area contributed by atoms with Gasteiger partial charge in [-0.3, -0.25) is 4.79 Å². The van der Waals surface area contributed by atoms with E-state index in [1.807, 2.05) is 0 Å². The second kappa shape index (κ2) is 5.36. The van der Waals surface area contributed by atoms with Crippen molar-refractivity contribution < 1.29 is 19.4 Å². The highest BCUT2D eigenvalue weighted by Gasteiger charge is 2.13. The minimum atomic E-state index is -1.16. The number of rotatable bonds is 4. The van der Waals surface area contributed by atoms with Gasteiger partial charge in [-0.15, -0.1) is 0 Å². The van der Waals surface area contributed by atoms with Gasteiger partial charge in [0.25, 0.3) is 0 Å². The smallest absolute Gasteiger partial charge is 0.407 e. The number of carboxylic acid groups (broad SMARTS) is 1. The van der Waals surface area contributed by atoms with E-state index in [-0.39, 0.29) is 12.6 Å². The lowest BCUT2D eigenvalue weighted by Crippen LogP contribution is -2.43. The molecule has 0 heterocycles. The molecule has 0 aliphatic rings. The van der Waals surface area contributed by atoms with Gasteiger partial charge in [0.15, 0.2) is 0 Å². The van der Waals surface area contributed by atoms with Gasteiger partial charge < -0.3 is 20.9 Å². The predicted molar refractivity (Wildman–Crippen MR) is 45.2 cm³/mol. The van der Waals surface area contributed by atoms with Crippen molar-refractivity contribution >= 4 is 12.1 Å². The third-order valence-electron chi connectivity index (χ3n) is 1.13. The van der Waals surface area contributed by atoms with Crippen LogP contribution in [-0.2, 0) is 9.53 Å². The molecule has 1 amide bonds. The maximum absolute atomic E-state index is 10.8. The maximum Gasteiger partial charge on any atom is 0.407 e. The van der Waals surface area contributed by atoms with E-state index in [0.717, 1.165) is 0 Å². The molecule has 0 rings (SSSR count). The van der Waals surface area contributed by atoms with Crippen molar-refractivity contribution in [1.29, 1.82) is 0 Å². The Morgan fingerprint density at radius 2 is 2.08 bits per heavy atom. The van der Waals surface area contributed by atoms with Crippen molar-refractivity contribution in [3.8, 4) is 0 Å². The summed E-state index contributed by atoms with van der Waals surface area (Å²) >= 11 is 0. The molecule has 76 valence electrons. The minimum Gasteiger partial charge on any atom is -0.480 e. The Hall–Kier alpha value is -1.30. The normalized spacial score (nSPS) is 12.3. The van der Waals surface area contributed by atoms with Crippen molar-refractivity contribution in [2.45, 2.75) is 26.0 Å². The van der Waals surface area contributed by atoms with E-state index >= 15 is 0 Å². The molecule has 0 aliphatic heterocycles. The van der Waals surface area contributed by atoms with E-state index in [9.17, 15) is 9.59 Å². The van der Waals surface area contributed by atoms with Crippen LogP contribution in [-0.4, -0.2) is 35.9 Å². The van der Waals surface area contributed by atoms with Crippen LogP contribution in [0.2, 0.25) is 0 Å². The minimum absolute atomic E-state index is 0.138. The Kier molecular flexibility index (Phi) is 4.83. The van der Waals surface area contributed by atoms with Crippen LogP contribution in [0.5, 0.6) is 0 Å². The Morgan fingerprint density at radius 3 is 2.46 bits per heavy atom. The largest absolute Gasteiger partial charge is 0.480 e. The zero-order valence-corrected chi connectivity index (χ0v) is 7.61. The number of hydrogen-bond acceptors (Lipinski definition) is 4. The molecule has 13 heavy (non-hydrogen) atoms. The molecular formula is C7H14N2O4. The van der Waals surface area contributed by atoms with Gasteiger partial charge in [0, 0.05) is 6.54 Å². The van der Waals surface area contributed by atoms with Gasteiger partial charge in [0.05, 0.1) is 6.10 Å². The first-order valence-electron chi connectivity index (χ1n) is 3.86. The summed E-state index contributed by atoms with van der Waals surface area (Å²) in [5.74, 6) is -1.16. The van der Waals surface area contributed by atoms with Crippen LogP contribution in [0.15, 0.2) is 0 Å². The van der Waals surface area contributed by atoms with Gasteiger partial charge in [-0.25, -0.2) is 4.79 Å². The van der Waals surface area contributed by atoms with E-state index in [4.69, 9.17) is 10.8 Å². The molecule has 0 aromatic rings. The van der Waals surface area contributed by atoms with E-state index in [2.05, 4.69) is 10.1 Å². The van der Waals surface area contributed by atoms with Crippen LogP contribution in [0.1, 0.15) is 13.8 Å². The molecular weight excluding hydrogens is 176 g/mol. The number of ether oxygens (including phenoxy) is 1. The molecule has 0 bridgehead atoms. The lowest BCUT2D eigenvalue weighted by Gasteiger charge is -2.10. The number of aliphatic carboxylic acids is 1. The first-order valence-corrected chi connectivity index (χ1v) is 3.86. The summed E-state index contributed by atoms with van der Waals surface area (Å²) < 4.78 is 4.68. The van der Waals surface area contributed by atoms with Crippen LogP contribution in [0.25, 0.3) is 0 Å². The summed E-state index contributed by atoms with van der Waals surface area (Å²) in [6.07, 6.45) is -0.896. The summed E-state index contributed by atoms with van der Waals surface area (Å²) in [6.45, 7) is 3.24. The quantitative estimate of drug-likeness (QED) is 0.556. The summed E-state index contributed by atoms with van der Waals surface area (Å²) in [7, 11) is 0. The highest BCUT2D eigenvalue weighted by molar-refractivity contribution is 5.75. The van der Waals surface area contributed by atoms with Gasteiger partial charge >= 0.3 is 12.1 Å². The average molecular weight is 190 g/mol. The summed E-state index contributed by atoms with van der Waals surface area (Å²) in [6, 6.07) is -1.10. The van der Waals surface area contributed by atoms with Crippen molar-refractivity contribution in [2.75, 3.05) is 6.54 Å². The monoisotopic (exact) mass is 190 g/mol. The van der Waals surface area contributed by atoms with E-state index in [0.29, 0.717) is 0 Å². The SMILES string of the molecule is CC(C)OC(=O)NCC(N)C(=O)O. The molecule has 1 unspecified atom stereocenters. The highest BCUT2D eigenvalue weighted by Crippen LogP contribution is 1.88. The zero-order valence-electron chi connectivity index (χ0n) is 7.61. The summed E-state index contributed by atoms with van der Waals surface area (Å²) in [4.78, 5) is 21.0. The van der Waals surface area contributed by atoms with Gasteiger partial charge in [-0.05, 0) is 13.8 Å². The van der Waals surface area contributed by atoms with E-state index in [1.165, 1.54) is 0 Å². The van der Waals surface area contributed by atoms with Crippen LogP contribution in [0.3, 0.4) is 0 Å². The van der Waals surface area contributed by atoms with Crippen molar-refractivity contribution in [3.05, 3.63) is 0 Å². The molecule has 1 atom stereocenters. The predicted octanol–water partition coefficient (Wildman–Crippen LogP) is -0.467. The first-order chi connectivity index (χ1) is 5.93. The average Bonchev–Trinajstić information content (AvgIpc) is 1.98. The van der Waals surface area contributed by atoms with Gasteiger partial charge in [0.2, 0.25) is 0 Å². The van der Waals surface area contributed by atoms with Crippen molar-refractivity contribution in [1.82, 2.24) is 5.32 Å². The number of nitrogens with two attached hydrogens (primary N) is 1. The van der Waals surface area contributed by atoms with Crippen LogP contribution < -0.4 is 11.1 Å². The Morgan fingerprint density at radius 1 is 1.54 bits per heavy atom. The van der Waals surface area contributed by atoms with Crippen LogP contribution in [0, 0.1) is 0 Å². The van der Waals surface area contributed by atoms with Gasteiger partial charge in [-0.1, -0.05) is 0 Å². The summed E-state index contributed by atoms with van der Waals surface area (Å²) in [5, 5.41) is 10.6. The molecule has 0 aromatic heterocycles. The van der Waals surface area contributed by atoms with Crippen LogP contribution in [0.4, 0.5) is 4.79 Å². The van der Waals surface area contributed by atoms with E-state index < -0.39 is 18.1 Å². The lowest BCUT2D eigenvalue weighted by molar-refractivity contribution is -0.138. The molecule has 0 fully saturated rings.